The third kappa shape index (κ3) is 8.35. The van der Waals surface area contributed by atoms with Crippen LogP contribution in [-0.4, -0.2) is 45.8 Å². The Morgan fingerprint density at radius 3 is 2.27 bits per heavy atom. The van der Waals surface area contributed by atoms with Gasteiger partial charge in [0.15, 0.2) is 0 Å². The van der Waals surface area contributed by atoms with Gasteiger partial charge in [-0.3, -0.25) is 14.5 Å². The van der Waals surface area contributed by atoms with Crippen molar-refractivity contribution in [2.24, 2.45) is 0 Å². The second-order valence-corrected chi connectivity index (χ2v) is 11.1. The van der Waals surface area contributed by atoms with E-state index in [4.69, 9.17) is 11.6 Å². The lowest BCUT2D eigenvalue weighted by molar-refractivity contribution is -0.128. The average Bonchev–Trinajstić information content (AvgIpc) is 3.34. The van der Waals surface area contributed by atoms with E-state index >= 15 is 0 Å². The number of rotatable bonds is 7. The summed E-state index contributed by atoms with van der Waals surface area (Å²) in [6.07, 6.45) is 3.83. The van der Waals surface area contributed by atoms with Crippen molar-refractivity contribution in [1.29, 1.82) is 0 Å². The Morgan fingerprint density at radius 2 is 1.64 bits per heavy atom. The molecule has 7 nitrogen and oxygen atoms in total. The number of hydrogen-bond donors (Lipinski definition) is 1. The number of carbonyl (C=O) groups is 2. The van der Waals surface area contributed by atoms with Gasteiger partial charge in [-0.2, -0.15) is 40.5 Å². The topological polar surface area (TPSA) is 78.4 Å². The van der Waals surface area contributed by atoms with Gasteiger partial charge in [-0.15, -0.1) is 0 Å². The number of halogens is 4. The number of nitrogens with zero attached hydrogens (tertiary/aromatic N) is 4. The first kappa shape index (κ1) is 37.6. The fourth-order valence-electron chi connectivity index (χ4n) is 5.74. The molecule has 1 N–H and O–H groups in total. The molecule has 44 heavy (non-hydrogen) atoms. The molecule has 0 spiro atoms. The van der Waals surface area contributed by atoms with Crippen LogP contribution in [0.1, 0.15) is 57.1 Å². The van der Waals surface area contributed by atoms with E-state index in [1.165, 1.54) is 23.1 Å². The van der Waals surface area contributed by atoms with E-state index in [2.05, 4.69) is 15.3 Å². The minimum absolute atomic E-state index is 0. The summed E-state index contributed by atoms with van der Waals surface area (Å²) < 4.78 is 42.3. The molecule has 1 aliphatic carbocycles. The van der Waals surface area contributed by atoms with Gasteiger partial charge in [0.2, 0.25) is 17.8 Å². The monoisotopic (exact) mass is 687 g/mol. The van der Waals surface area contributed by atoms with Crippen molar-refractivity contribution in [3.63, 3.8) is 0 Å². The quantitative estimate of drug-likeness (QED) is 0.310. The van der Waals surface area contributed by atoms with Crippen molar-refractivity contribution >= 4 is 75.5 Å². The van der Waals surface area contributed by atoms with Crippen LogP contribution in [0.4, 0.5) is 24.8 Å². The van der Waals surface area contributed by atoms with Crippen molar-refractivity contribution in [1.82, 2.24) is 15.3 Å². The summed E-state index contributed by atoms with van der Waals surface area (Å²) in [4.78, 5) is 40.5. The van der Waals surface area contributed by atoms with E-state index in [1.807, 2.05) is 11.8 Å². The molecule has 2 heterocycles. The molecular formula is C30H37ClF3N5O2S3. The molecule has 3 aromatic rings. The molecule has 1 aliphatic heterocycles. The minimum atomic E-state index is -2.77. The number of nitrogens with one attached hydrogen (secondary N) is 1. The van der Waals surface area contributed by atoms with E-state index in [0.29, 0.717) is 24.4 Å². The highest BCUT2D eigenvalue weighted by Gasteiger charge is 2.44. The molecule has 240 valence electrons. The molecular weight excluding hydrogens is 651 g/mol. The van der Waals surface area contributed by atoms with E-state index in [0.717, 1.165) is 0 Å². The maximum Gasteiger partial charge on any atom is 0.250 e. The molecule has 0 radical (unpaired) electrons. The molecule has 0 unspecified atom stereocenters. The number of alkyl halides is 2. The number of amides is 2. The molecule has 3 atom stereocenters. The van der Waals surface area contributed by atoms with E-state index in [1.54, 1.807) is 48.8 Å². The van der Waals surface area contributed by atoms with E-state index in [-0.39, 0.29) is 82.9 Å². The maximum absolute atomic E-state index is 14.6. The molecule has 1 saturated heterocycles. The number of aromatic nitrogens is 2. The largest absolute Gasteiger partial charge is 0.351 e. The number of benzene rings is 2. The van der Waals surface area contributed by atoms with Crippen molar-refractivity contribution in [3.8, 4) is 0 Å². The van der Waals surface area contributed by atoms with Crippen LogP contribution in [0.2, 0.25) is 5.02 Å². The van der Waals surface area contributed by atoms with Crippen LogP contribution in [0, 0.1) is 5.82 Å². The molecule has 2 amide bonds. The molecule has 0 bridgehead atoms. The maximum atomic E-state index is 14.6. The number of carbonyl (C=O) groups excluding carboxylic acids is 2. The second kappa shape index (κ2) is 16.1. The Bertz CT molecular complexity index is 1400. The lowest BCUT2D eigenvalue weighted by Crippen LogP contribution is -2.53. The van der Waals surface area contributed by atoms with Gasteiger partial charge in [-0.05, 0) is 62.9 Å². The standard InChI is InChI=1S/C30H31ClF3N5O2.3H2S/c1-19-10-11-25(38(19)29-35-16-5-17-36-29)28(41)39(22-7-4-6-20(32)18-22)26(23-8-2-3-9-24(23)31)27(40)37-21-12-14-30(33,34)15-13-21;;;/h2-9,16-19,21,25-26H,10-15H2,1H3,(H,37,40);3*1H2/t19-,25-,26-;;;/m0.../s1. The zero-order valence-corrected chi connectivity index (χ0v) is 27.8. The Kier molecular flexibility index (Phi) is 13.7. The van der Waals surface area contributed by atoms with Crippen LogP contribution < -0.4 is 15.1 Å². The Morgan fingerprint density at radius 1 is 0.977 bits per heavy atom. The van der Waals surface area contributed by atoms with Crippen LogP contribution in [0.25, 0.3) is 0 Å². The molecule has 2 aromatic carbocycles. The molecule has 1 aromatic heterocycles. The van der Waals surface area contributed by atoms with Gasteiger partial charge >= 0.3 is 0 Å². The minimum Gasteiger partial charge on any atom is -0.351 e. The molecule has 2 aliphatic rings. The van der Waals surface area contributed by atoms with Crippen LogP contribution in [0.15, 0.2) is 67.0 Å². The predicted octanol–water partition coefficient (Wildman–Crippen LogP) is 6.43. The van der Waals surface area contributed by atoms with Gasteiger partial charge in [-0.1, -0.05) is 35.9 Å². The van der Waals surface area contributed by atoms with Gasteiger partial charge < -0.3 is 10.2 Å². The number of hydrogen-bond acceptors (Lipinski definition) is 5. The third-order valence-electron chi connectivity index (χ3n) is 7.83. The summed E-state index contributed by atoms with van der Waals surface area (Å²) in [6, 6.07) is 11.2. The van der Waals surface area contributed by atoms with E-state index in [9.17, 15) is 22.8 Å². The highest BCUT2D eigenvalue weighted by Crippen LogP contribution is 2.38. The Balaban J connectivity index is 0.00000225. The Hall–Kier alpha value is -2.61. The molecule has 5 rings (SSSR count). The summed E-state index contributed by atoms with van der Waals surface area (Å²) in [5.74, 6) is -4.02. The Labute approximate surface area is 281 Å². The highest BCUT2D eigenvalue weighted by atomic mass is 35.5. The molecule has 14 heteroatoms. The first-order valence-electron chi connectivity index (χ1n) is 13.7. The summed E-state index contributed by atoms with van der Waals surface area (Å²) >= 11 is 6.60. The van der Waals surface area contributed by atoms with Crippen molar-refractivity contribution in [2.45, 2.75) is 75.5 Å². The van der Waals surface area contributed by atoms with Crippen molar-refractivity contribution < 1.29 is 22.8 Å². The van der Waals surface area contributed by atoms with Gasteiger partial charge in [-0.25, -0.2) is 23.1 Å². The number of anilines is 2. The highest BCUT2D eigenvalue weighted by molar-refractivity contribution is 7.59. The zero-order chi connectivity index (χ0) is 29.1. The fourth-order valence-corrected chi connectivity index (χ4v) is 5.98. The third-order valence-corrected chi connectivity index (χ3v) is 8.17. The molecule has 1 saturated carbocycles. The van der Waals surface area contributed by atoms with Crippen LogP contribution in [0.3, 0.4) is 0 Å². The van der Waals surface area contributed by atoms with E-state index < -0.39 is 41.7 Å². The predicted molar refractivity (Wildman–Crippen MR) is 182 cm³/mol. The van der Waals surface area contributed by atoms with Gasteiger partial charge in [0.25, 0.3) is 5.91 Å². The summed E-state index contributed by atoms with van der Waals surface area (Å²) in [7, 11) is 0. The summed E-state index contributed by atoms with van der Waals surface area (Å²) in [5, 5.41) is 3.12. The first-order valence-corrected chi connectivity index (χ1v) is 14.1. The smallest absolute Gasteiger partial charge is 0.250 e. The van der Waals surface area contributed by atoms with Gasteiger partial charge in [0.1, 0.15) is 17.9 Å². The molecule has 2 fully saturated rings. The summed E-state index contributed by atoms with van der Waals surface area (Å²) in [5.41, 5.74) is 0.498. The second-order valence-electron chi connectivity index (χ2n) is 10.6. The SMILES string of the molecule is C[C@H]1CC[C@@H](C(=O)N(c2cccc(F)c2)[C@H](C(=O)NC2CCC(F)(F)CC2)c2ccccc2Cl)N1c1ncccn1.S.S.S. The van der Waals surface area contributed by atoms with Crippen molar-refractivity contribution in [2.75, 3.05) is 9.80 Å². The van der Waals surface area contributed by atoms with Crippen LogP contribution >= 0.6 is 52.1 Å². The average molecular weight is 688 g/mol. The lowest BCUT2D eigenvalue weighted by Gasteiger charge is -2.37. The first-order chi connectivity index (χ1) is 19.6. The zero-order valence-electron chi connectivity index (χ0n) is 24.0. The van der Waals surface area contributed by atoms with Crippen molar-refractivity contribution in [3.05, 3.63) is 83.4 Å². The van der Waals surface area contributed by atoms with Gasteiger partial charge in [0, 0.05) is 53.6 Å². The van der Waals surface area contributed by atoms with Crippen LogP contribution in [0.5, 0.6) is 0 Å². The summed E-state index contributed by atoms with van der Waals surface area (Å²) in [6.45, 7) is 1.97. The fraction of sp³-hybridized carbons (Fsp3) is 0.400. The van der Waals surface area contributed by atoms with Crippen LogP contribution in [-0.2, 0) is 9.59 Å². The lowest BCUT2D eigenvalue weighted by atomic mass is 9.91. The van der Waals surface area contributed by atoms with Gasteiger partial charge in [0.05, 0.1) is 0 Å². The normalized spacial score (nSPS) is 19.9.